The first-order valence-electron chi connectivity index (χ1n) is 12.0. The highest BCUT2D eigenvalue weighted by atomic mass is 16.5. The van der Waals surface area contributed by atoms with E-state index in [1.165, 1.54) is 4.68 Å². The number of imidazole rings is 1. The molecule has 6 rings (SSSR count). The van der Waals surface area contributed by atoms with Gasteiger partial charge in [-0.2, -0.15) is 0 Å². The van der Waals surface area contributed by atoms with Gasteiger partial charge in [0.05, 0.1) is 40.3 Å². The molecule has 3 aromatic carbocycles. The Morgan fingerprint density at radius 3 is 2.60 bits per heavy atom. The van der Waals surface area contributed by atoms with E-state index in [2.05, 4.69) is 20.3 Å². The van der Waals surface area contributed by atoms with Gasteiger partial charge < -0.3 is 13.7 Å². The van der Waals surface area contributed by atoms with Gasteiger partial charge in [-0.25, -0.2) is 14.6 Å². The van der Waals surface area contributed by atoms with Crippen molar-refractivity contribution < 1.29 is 11.9 Å². The zero-order chi connectivity index (χ0) is 25.6. The number of hydrogen-bond donors (Lipinski definition) is 0. The van der Waals surface area contributed by atoms with Crippen molar-refractivity contribution in [3.8, 4) is 34.1 Å². The lowest BCUT2D eigenvalue weighted by Crippen LogP contribution is -2.00. The molecule has 0 atom stereocenters. The maximum atomic E-state index is 8.73. The van der Waals surface area contributed by atoms with Gasteiger partial charge in [-0.15, -0.1) is 5.10 Å². The summed E-state index contributed by atoms with van der Waals surface area (Å²) in [6.07, 6.45) is 5.23. The van der Waals surface area contributed by atoms with Gasteiger partial charge >= 0.3 is 0 Å². The van der Waals surface area contributed by atoms with Crippen LogP contribution < -0.4 is 4.74 Å². The predicted octanol–water partition coefficient (Wildman–Crippen LogP) is 5.30. The van der Waals surface area contributed by atoms with Crippen molar-refractivity contribution in [2.24, 2.45) is 0 Å². The molecule has 6 aromatic rings. The van der Waals surface area contributed by atoms with Crippen molar-refractivity contribution in [2.75, 3.05) is 7.11 Å². The first kappa shape index (κ1) is 18.7. The normalized spacial score (nSPS) is 12.5. The smallest absolute Gasteiger partial charge is 0.227 e. The van der Waals surface area contributed by atoms with Gasteiger partial charge in [0.25, 0.3) is 0 Å². The average molecular weight is 465 g/mol. The summed E-state index contributed by atoms with van der Waals surface area (Å²) in [5.41, 5.74) is 5.69. The van der Waals surface area contributed by atoms with Gasteiger partial charge in [0.1, 0.15) is 17.0 Å². The second-order valence-corrected chi connectivity index (χ2v) is 8.03. The van der Waals surface area contributed by atoms with Crippen molar-refractivity contribution in [3.05, 3.63) is 96.7 Å². The molecule has 0 aliphatic heterocycles. The second kappa shape index (κ2) is 8.57. The number of benzene rings is 3. The van der Waals surface area contributed by atoms with Crippen LogP contribution in [-0.4, -0.2) is 36.6 Å². The van der Waals surface area contributed by atoms with Crippen LogP contribution in [0.25, 0.3) is 39.5 Å². The van der Waals surface area contributed by atoms with E-state index in [0.717, 1.165) is 28.0 Å². The molecule has 0 radical (unpaired) electrons. The molecule has 0 N–H and O–H groups in total. The van der Waals surface area contributed by atoms with Crippen LogP contribution in [-0.2, 0) is 6.50 Å². The fourth-order valence-corrected chi connectivity index (χ4v) is 3.87. The van der Waals surface area contributed by atoms with Crippen LogP contribution in [0.15, 0.2) is 89.9 Å². The Morgan fingerprint density at radius 2 is 1.83 bits per heavy atom. The summed E-state index contributed by atoms with van der Waals surface area (Å²) in [5, 5.41) is 8.32. The summed E-state index contributed by atoms with van der Waals surface area (Å²) in [7, 11) is 1.60. The number of oxazole rings is 1. The van der Waals surface area contributed by atoms with Crippen molar-refractivity contribution in [2.45, 2.75) is 13.4 Å². The average Bonchev–Trinajstić information content (AvgIpc) is 3.68. The highest BCUT2D eigenvalue weighted by Crippen LogP contribution is 2.29. The predicted molar refractivity (Wildman–Crippen MR) is 132 cm³/mol. The third-order valence-electron chi connectivity index (χ3n) is 5.63. The van der Waals surface area contributed by atoms with Crippen LogP contribution in [0.4, 0.5) is 0 Å². The molecule has 0 fully saturated rings. The number of para-hydroxylation sites is 2. The van der Waals surface area contributed by atoms with E-state index in [-0.39, 0.29) is 0 Å². The molecule has 8 heteroatoms. The number of rotatable bonds is 6. The highest BCUT2D eigenvalue weighted by molar-refractivity contribution is 5.76. The molecule has 8 nitrogen and oxygen atoms in total. The number of ether oxygens (including phenoxy) is 1. The molecule has 0 saturated heterocycles. The van der Waals surface area contributed by atoms with Gasteiger partial charge in [-0.1, -0.05) is 35.5 Å². The SMILES string of the molecule is [2H]C([2H])(c1ccc(-c2nc3ccccc3o2)cc1)n1cc(-c2ccc(-n3cnc(C)c3)c(OC)c2)nn1. The first-order valence-corrected chi connectivity index (χ1v) is 11.0. The van der Waals surface area contributed by atoms with Crippen molar-refractivity contribution >= 4 is 11.1 Å². The fraction of sp³-hybridized carbons (Fsp3) is 0.111. The number of hydrogen-bond acceptors (Lipinski definition) is 6. The summed E-state index contributed by atoms with van der Waals surface area (Å²) in [6.45, 7) is -0.00361. The van der Waals surface area contributed by atoms with Gasteiger partial charge in [-0.05, 0) is 48.9 Å². The Bertz CT molecular complexity index is 1690. The van der Waals surface area contributed by atoms with E-state index in [0.29, 0.717) is 28.5 Å². The van der Waals surface area contributed by atoms with Gasteiger partial charge in [-0.3, -0.25) is 0 Å². The third kappa shape index (κ3) is 4.06. The number of methoxy groups -OCH3 is 1. The number of aromatic nitrogens is 6. The molecule has 0 aliphatic rings. The molecule has 172 valence electrons. The quantitative estimate of drug-likeness (QED) is 0.332. The Morgan fingerprint density at radius 1 is 1.00 bits per heavy atom. The number of fused-ring (bicyclic) bond motifs is 1. The Kier molecular flexibility index (Phi) is 4.57. The van der Waals surface area contributed by atoms with E-state index < -0.39 is 6.50 Å². The molecule has 35 heavy (non-hydrogen) atoms. The number of aryl methyl sites for hydroxylation is 1. The lowest BCUT2D eigenvalue weighted by atomic mass is 10.1. The van der Waals surface area contributed by atoms with E-state index in [1.807, 2.05) is 60.2 Å². The number of nitrogens with zero attached hydrogens (tertiary/aromatic N) is 6. The molecular formula is C27H22N6O2. The maximum Gasteiger partial charge on any atom is 0.227 e. The zero-order valence-electron chi connectivity index (χ0n) is 21.1. The van der Waals surface area contributed by atoms with Crippen LogP contribution in [0.2, 0.25) is 0 Å². The van der Waals surface area contributed by atoms with Gasteiger partial charge in [0, 0.05) is 17.3 Å². The summed E-state index contributed by atoms with van der Waals surface area (Å²) in [4.78, 5) is 8.78. The molecule has 0 amide bonds. The topological polar surface area (TPSA) is 83.8 Å². The van der Waals surface area contributed by atoms with Crippen LogP contribution in [0, 0.1) is 6.92 Å². The minimum Gasteiger partial charge on any atom is -0.495 e. The minimum atomic E-state index is -1.93. The van der Waals surface area contributed by atoms with E-state index in [4.69, 9.17) is 11.9 Å². The molecule has 3 aromatic heterocycles. The van der Waals surface area contributed by atoms with Crippen molar-refractivity contribution in [1.82, 2.24) is 29.5 Å². The molecular weight excluding hydrogens is 440 g/mol. The Hall–Kier alpha value is -4.72. The Labute approximate surface area is 204 Å². The molecule has 0 spiro atoms. The standard InChI is InChI=1S/C27H22N6O2/c1-18-14-32(17-28-18)24-12-11-21(13-26(24)34-2)23-16-33(31-30-23)15-19-7-9-20(10-8-19)27-29-22-5-3-4-6-25(22)35-27/h3-14,16-17H,15H2,1-2H3/i15D2. The van der Waals surface area contributed by atoms with E-state index >= 15 is 0 Å². The van der Waals surface area contributed by atoms with Gasteiger partial charge in [0.2, 0.25) is 5.89 Å². The minimum absolute atomic E-state index is 0.423. The molecule has 3 heterocycles. The van der Waals surface area contributed by atoms with Crippen molar-refractivity contribution in [3.63, 3.8) is 0 Å². The fourth-order valence-electron chi connectivity index (χ4n) is 3.87. The Balaban J connectivity index is 1.27. The third-order valence-corrected chi connectivity index (χ3v) is 5.63. The highest BCUT2D eigenvalue weighted by Gasteiger charge is 2.12. The summed E-state index contributed by atoms with van der Waals surface area (Å²) in [5.74, 6) is 1.13. The molecule has 0 aliphatic carbocycles. The summed E-state index contributed by atoms with van der Waals surface area (Å²) >= 11 is 0. The summed E-state index contributed by atoms with van der Waals surface area (Å²) < 4.78 is 32.0. The molecule has 0 saturated carbocycles. The van der Waals surface area contributed by atoms with Crippen LogP contribution in [0.1, 0.15) is 14.0 Å². The first-order chi connectivity index (χ1) is 17.9. The van der Waals surface area contributed by atoms with Crippen molar-refractivity contribution in [1.29, 1.82) is 0 Å². The van der Waals surface area contributed by atoms with Crippen LogP contribution >= 0.6 is 0 Å². The maximum absolute atomic E-state index is 8.73. The van der Waals surface area contributed by atoms with E-state index in [1.54, 1.807) is 43.9 Å². The lowest BCUT2D eigenvalue weighted by Gasteiger charge is -2.10. The monoisotopic (exact) mass is 464 g/mol. The van der Waals surface area contributed by atoms with E-state index in [9.17, 15) is 0 Å². The largest absolute Gasteiger partial charge is 0.495 e. The molecule has 0 bridgehead atoms. The summed E-state index contributed by atoms with van der Waals surface area (Å²) in [6, 6.07) is 20.2. The van der Waals surface area contributed by atoms with Crippen LogP contribution in [0.5, 0.6) is 5.75 Å². The van der Waals surface area contributed by atoms with Crippen LogP contribution in [0.3, 0.4) is 0 Å². The molecule has 0 unspecified atom stereocenters. The van der Waals surface area contributed by atoms with Gasteiger partial charge in [0.15, 0.2) is 5.58 Å². The zero-order valence-corrected chi connectivity index (χ0v) is 19.1. The lowest BCUT2D eigenvalue weighted by molar-refractivity contribution is 0.413. The second-order valence-electron chi connectivity index (χ2n) is 8.03.